The lowest BCUT2D eigenvalue weighted by atomic mass is 9.98. The lowest BCUT2D eigenvalue weighted by Crippen LogP contribution is -2.41. The molecule has 0 amide bonds. The van der Waals surface area contributed by atoms with Gasteiger partial charge in [0.05, 0.1) is 6.61 Å². The minimum absolute atomic E-state index is 0.104. The summed E-state index contributed by atoms with van der Waals surface area (Å²) in [5.74, 6) is 1.53. The summed E-state index contributed by atoms with van der Waals surface area (Å²) in [5, 5.41) is 0. The Labute approximate surface area is 105 Å². The van der Waals surface area contributed by atoms with E-state index in [2.05, 4.69) is 10.2 Å². The van der Waals surface area contributed by atoms with Crippen molar-refractivity contribution < 1.29 is 22.3 Å². The molecule has 0 aliphatic carbocycles. The third-order valence-corrected chi connectivity index (χ3v) is 2.64. The fourth-order valence-corrected chi connectivity index (χ4v) is 1.68. The molecule has 0 rings (SSSR count). The molecule has 0 aliphatic heterocycles. The third kappa shape index (κ3) is 7.13. The number of hydrogen-bond donors (Lipinski definition) is 2. The van der Waals surface area contributed by atoms with E-state index in [4.69, 9.17) is 5.84 Å². The standard InChI is InChI=1S/C11H22F4N2O/c1-3-4-8(2)5-9(17-16)6-18-7-11(14,15)10(12)13/h8-10,17H,3-7,16H2,1-2H3. The van der Waals surface area contributed by atoms with E-state index in [0.717, 1.165) is 12.8 Å². The van der Waals surface area contributed by atoms with Crippen LogP contribution in [0.5, 0.6) is 0 Å². The second-order valence-corrected chi connectivity index (χ2v) is 4.57. The molecule has 0 aromatic heterocycles. The second kappa shape index (κ2) is 8.66. The van der Waals surface area contributed by atoms with Crippen molar-refractivity contribution in [1.29, 1.82) is 0 Å². The number of nitrogens with two attached hydrogens (primary N) is 1. The molecule has 110 valence electrons. The van der Waals surface area contributed by atoms with Crippen LogP contribution in [-0.4, -0.2) is 31.6 Å². The van der Waals surface area contributed by atoms with Crippen LogP contribution in [0.15, 0.2) is 0 Å². The van der Waals surface area contributed by atoms with Crippen molar-refractivity contribution >= 4 is 0 Å². The molecule has 0 bridgehead atoms. The van der Waals surface area contributed by atoms with Gasteiger partial charge in [0.2, 0.25) is 0 Å². The number of rotatable bonds is 10. The molecule has 0 spiro atoms. The SMILES string of the molecule is CCCC(C)CC(COCC(F)(F)C(F)F)NN. The number of hydrazine groups is 1. The maximum Gasteiger partial charge on any atom is 0.330 e. The Bertz CT molecular complexity index is 217. The minimum Gasteiger partial charge on any atom is -0.373 e. The molecule has 3 nitrogen and oxygen atoms in total. The van der Waals surface area contributed by atoms with Gasteiger partial charge < -0.3 is 4.74 Å². The summed E-state index contributed by atoms with van der Waals surface area (Å²) in [6, 6.07) is -0.306. The first-order valence-electron chi connectivity index (χ1n) is 6.03. The second-order valence-electron chi connectivity index (χ2n) is 4.57. The van der Waals surface area contributed by atoms with Crippen molar-refractivity contribution in [3.05, 3.63) is 0 Å². The van der Waals surface area contributed by atoms with Gasteiger partial charge in [-0.15, -0.1) is 0 Å². The van der Waals surface area contributed by atoms with Crippen molar-refractivity contribution in [3.63, 3.8) is 0 Å². The van der Waals surface area contributed by atoms with Crippen molar-refractivity contribution in [2.24, 2.45) is 11.8 Å². The van der Waals surface area contributed by atoms with Crippen LogP contribution in [0.4, 0.5) is 17.6 Å². The van der Waals surface area contributed by atoms with Crippen molar-refractivity contribution in [3.8, 4) is 0 Å². The lowest BCUT2D eigenvalue weighted by Gasteiger charge is -2.21. The minimum atomic E-state index is -4.10. The first kappa shape index (κ1) is 17.6. The molecule has 7 heteroatoms. The van der Waals surface area contributed by atoms with Crippen LogP contribution in [-0.2, 0) is 4.74 Å². The topological polar surface area (TPSA) is 47.3 Å². The smallest absolute Gasteiger partial charge is 0.330 e. The Balaban J connectivity index is 3.94. The average Bonchev–Trinajstić information content (AvgIpc) is 2.27. The van der Waals surface area contributed by atoms with Crippen molar-refractivity contribution in [2.45, 2.75) is 51.5 Å². The quantitative estimate of drug-likeness (QED) is 0.365. The summed E-state index contributed by atoms with van der Waals surface area (Å²) in [4.78, 5) is 0. The van der Waals surface area contributed by atoms with Gasteiger partial charge >= 0.3 is 12.3 Å². The predicted octanol–water partition coefficient (Wildman–Crippen LogP) is 2.56. The van der Waals surface area contributed by atoms with Gasteiger partial charge in [-0.05, 0) is 12.3 Å². The Hall–Kier alpha value is -0.400. The third-order valence-electron chi connectivity index (χ3n) is 2.64. The first-order chi connectivity index (χ1) is 8.33. The summed E-state index contributed by atoms with van der Waals surface area (Å²) in [5.41, 5.74) is 2.45. The summed E-state index contributed by atoms with van der Waals surface area (Å²) in [6.45, 7) is 2.67. The molecule has 0 aliphatic rings. The van der Waals surface area contributed by atoms with Gasteiger partial charge in [0.25, 0.3) is 0 Å². The van der Waals surface area contributed by atoms with Crippen LogP contribution in [0, 0.1) is 5.92 Å². The molecular weight excluding hydrogens is 252 g/mol. The Morgan fingerprint density at radius 3 is 2.39 bits per heavy atom. The molecule has 0 fully saturated rings. The zero-order chi connectivity index (χ0) is 14.2. The maximum absolute atomic E-state index is 12.6. The van der Waals surface area contributed by atoms with Crippen LogP contribution in [0.1, 0.15) is 33.1 Å². The van der Waals surface area contributed by atoms with E-state index in [0.29, 0.717) is 12.3 Å². The highest BCUT2D eigenvalue weighted by Gasteiger charge is 2.41. The van der Waals surface area contributed by atoms with Gasteiger partial charge in [-0.1, -0.05) is 26.7 Å². The van der Waals surface area contributed by atoms with E-state index in [9.17, 15) is 17.6 Å². The number of ether oxygens (including phenoxy) is 1. The molecule has 0 saturated carbocycles. The van der Waals surface area contributed by atoms with Gasteiger partial charge in [0.15, 0.2) is 0 Å². The first-order valence-corrected chi connectivity index (χ1v) is 6.03. The Kier molecular flexibility index (Phi) is 8.47. The van der Waals surface area contributed by atoms with Crippen molar-refractivity contribution in [2.75, 3.05) is 13.2 Å². The number of halogens is 4. The maximum atomic E-state index is 12.6. The highest BCUT2D eigenvalue weighted by Crippen LogP contribution is 2.23. The van der Waals surface area contributed by atoms with E-state index in [-0.39, 0.29) is 12.6 Å². The zero-order valence-electron chi connectivity index (χ0n) is 10.8. The van der Waals surface area contributed by atoms with Gasteiger partial charge in [-0.3, -0.25) is 11.3 Å². The molecule has 2 atom stereocenters. The Morgan fingerprint density at radius 2 is 1.94 bits per heavy atom. The molecule has 0 aromatic carbocycles. The molecule has 3 N–H and O–H groups in total. The Morgan fingerprint density at radius 1 is 1.33 bits per heavy atom. The molecule has 0 saturated heterocycles. The average molecular weight is 274 g/mol. The normalized spacial score (nSPS) is 16.0. The lowest BCUT2D eigenvalue weighted by molar-refractivity contribution is -0.167. The van der Waals surface area contributed by atoms with Gasteiger partial charge in [-0.2, -0.15) is 8.78 Å². The molecule has 0 heterocycles. The van der Waals surface area contributed by atoms with Crippen LogP contribution >= 0.6 is 0 Å². The van der Waals surface area contributed by atoms with E-state index in [1.807, 2.05) is 13.8 Å². The summed E-state index contributed by atoms with van der Waals surface area (Å²) >= 11 is 0. The van der Waals surface area contributed by atoms with Gasteiger partial charge in [-0.25, -0.2) is 8.78 Å². The predicted molar refractivity (Wildman–Crippen MR) is 61.6 cm³/mol. The summed E-state index contributed by atoms with van der Waals surface area (Å²) < 4.78 is 53.5. The molecule has 0 radical (unpaired) electrons. The number of nitrogens with one attached hydrogen (secondary N) is 1. The van der Waals surface area contributed by atoms with Crippen LogP contribution in [0.3, 0.4) is 0 Å². The zero-order valence-corrected chi connectivity index (χ0v) is 10.8. The van der Waals surface area contributed by atoms with Crippen LogP contribution in [0.25, 0.3) is 0 Å². The number of alkyl halides is 4. The van der Waals surface area contributed by atoms with E-state index in [1.54, 1.807) is 0 Å². The van der Waals surface area contributed by atoms with Gasteiger partial charge in [0.1, 0.15) is 6.61 Å². The molecule has 2 unspecified atom stereocenters. The van der Waals surface area contributed by atoms with Crippen LogP contribution in [0.2, 0.25) is 0 Å². The van der Waals surface area contributed by atoms with Crippen LogP contribution < -0.4 is 11.3 Å². The fraction of sp³-hybridized carbons (Fsp3) is 1.00. The summed E-state index contributed by atoms with van der Waals surface area (Å²) in [6.07, 6.45) is -1.04. The van der Waals surface area contributed by atoms with E-state index >= 15 is 0 Å². The van der Waals surface area contributed by atoms with Crippen molar-refractivity contribution in [1.82, 2.24) is 5.43 Å². The highest BCUT2D eigenvalue weighted by molar-refractivity contribution is 4.71. The monoisotopic (exact) mass is 274 g/mol. The van der Waals surface area contributed by atoms with Gasteiger partial charge in [0, 0.05) is 6.04 Å². The molecule has 0 aromatic rings. The largest absolute Gasteiger partial charge is 0.373 e. The highest BCUT2D eigenvalue weighted by atomic mass is 19.3. The molecule has 18 heavy (non-hydrogen) atoms. The molecular formula is C11H22F4N2O. The van der Waals surface area contributed by atoms with E-state index < -0.39 is 19.0 Å². The number of hydrogen-bond acceptors (Lipinski definition) is 3. The fourth-order valence-electron chi connectivity index (χ4n) is 1.68. The van der Waals surface area contributed by atoms with E-state index in [1.165, 1.54) is 0 Å². The summed E-state index contributed by atoms with van der Waals surface area (Å²) in [7, 11) is 0.